The Labute approximate surface area is 150 Å². The number of hydrogen-bond donors (Lipinski definition) is 1. The van der Waals surface area contributed by atoms with Gasteiger partial charge in [-0.1, -0.05) is 18.1 Å². The van der Waals surface area contributed by atoms with Crippen molar-refractivity contribution in [1.82, 2.24) is 9.97 Å². The third kappa shape index (κ3) is 2.78. The van der Waals surface area contributed by atoms with Gasteiger partial charge in [0, 0.05) is 29.3 Å². The van der Waals surface area contributed by atoms with E-state index in [9.17, 15) is 4.79 Å². The molecule has 5 heteroatoms. The summed E-state index contributed by atoms with van der Waals surface area (Å²) in [6, 6.07) is 11.7. The van der Waals surface area contributed by atoms with Crippen molar-refractivity contribution in [2.45, 2.75) is 6.42 Å². The molecule has 0 unspecified atom stereocenters. The highest BCUT2D eigenvalue weighted by Crippen LogP contribution is 2.37. The molecule has 2 heterocycles. The Morgan fingerprint density at radius 1 is 1.23 bits per heavy atom. The number of aliphatic carboxylic acids is 1. The lowest BCUT2D eigenvalue weighted by atomic mass is 10.1. The van der Waals surface area contributed by atoms with Crippen LogP contribution in [0.2, 0.25) is 0 Å². The normalized spacial score (nSPS) is 13.1. The smallest absolute Gasteiger partial charge is 0.328 e. The van der Waals surface area contributed by atoms with Gasteiger partial charge in [-0.3, -0.25) is 0 Å². The Hall–Kier alpha value is -3.65. The second kappa shape index (κ2) is 6.34. The van der Waals surface area contributed by atoms with Crippen molar-refractivity contribution in [1.29, 1.82) is 0 Å². The molecule has 5 nitrogen and oxygen atoms in total. The molecule has 26 heavy (non-hydrogen) atoms. The minimum absolute atomic E-state index is 0.768. The topological polar surface area (TPSA) is 66.3 Å². The van der Waals surface area contributed by atoms with Crippen LogP contribution in [0.5, 0.6) is 0 Å². The zero-order valence-electron chi connectivity index (χ0n) is 13.9. The number of hydrogen-bond acceptors (Lipinski definition) is 4. The largest absolute Gasteiger partial charge is 0.478 e. The Morgan fingerprint density at radius 3 is 2.92 bits per heavy atom. The number of benzene rings is 2. The molecule has 2 aromatic carbocycles. The van der Waals surface area contributed by atoms with Gasteiger partial charge < -0.3 is 10.0 Å². The number of carbonyl (C=O) groups is 1. The fourth-order valence-corrected chi connectivity index (χ4v) is 3.24. The van der Waals surface area contributed by atoms with E-state index in [0.29, 0.717) is 0 Å². The maximum absolute atomic E-state index is 10.7. The van der Waals surface area contributed by atoms with E-state index in [-0.39, 0.29) is 0 Å². The highest BCUT2D eigenvalue weighted by molar-refractivity contribution is 5.94. The minimum Gasteiger partial charge on any atom is -0.478 e. The van der Waals surface area contributed by atoms with Gasteiger partial charge in [0.15, 0.2) is 0 Å². The lowest BCUT2D eigenvalue weighted by Crippen LogP contribution is -2.15. The fourth-order valence-electron chi connectivity index (χ4n) is 3.24. The van der Waals surface area contributed by atoms with E-state index in [1.54, 1.807) is 6.08 Å². The molecular weight excluding hydrogens is 326 g/mol. The Kier molecular flexibility index (Phi) is 3.86. The summed E-state index contributed by atoms with van der Waals surface area (Å²) in [5, 5.41) is 9.69. The number of carboxylic acids is 1. The summed E-state index contributed by atoms with van der Waals surface area (Å²) >= 11 is 0. The third-order valence-corrected chi connectivity index (χ3v) is 4.46. The van der Waals surface area contributed by atoms with Gasteiger partial charge in [-0.05, 0) is 47.9 Å². The van der Waals surface area contributed by atoms with Crippen LogP contribution in [0.4, 0.5) is 11.5 Å². The van der Waals surface area contributed by atoms with E-state index >= 15 is 0 Å². The average Bonchev–Trinajstić information content (AvgIpc) is 3.08. The van der Waals surface area contributed by atoms with Crippen molar-refractivity contribution < 1.29 is 9.90 Å². The predicted octanol–water partition coefficient (Wildman–Crippen LogP) is 3.40. The van der Waals surface area contributed by atoms with Crippen molar-refractivity contribution in [2.24, 2.45) is 0 Å². The molecule has 0 spiro atoms. The number of aromatic nitrogens is 2. The molecule has 0 fully saturated rings. The van der Waals surface area contributed by atoms with Gasteiger partial charge in [0.2, 0.25) is 0 Å². The number of carboxylic acid groups (broad SMARTS) is 1. The van der Waals surface area contributed by atoms with Crippen LogP contribution in [0.3, 0.4) is 0 Å². The van der Waals surface area contributed by atoms with E-state index in [1.165, 1.54) is 11.9 Å². The first-order chi connectivity index (χ1) is 12.7. The zero-order chi connectivity index (χ0) is 18.1. The highest BCUT2D eigenvalue weighted by atomic mass is 16.4. The molecule has 1 aliphatic heterocycles. The molecule has 126 valence electrons. The number of rotatable bonds is 3. The van der Waals surface area contributed by atoms with Gasteiger partial charge in [0.25, 0.3) is 0 Å². The average molecular weight is 341 g/mol. The van der Waals surface area contributed by atoms with Crippen molar-refractivity contribution in [3.05, 3.63) is 65.5 Å². The van der Waals surface area contributed by atoms with Gasteiger partial charge in [-0.25, -0.2) is 14.8 Å². The van der Waals surface area contributed by atoms with Gasteiger partial charge >= 0.3 is 5.97 Å². The summed E-state index contributed by atoms with van der Waals surface area (Å²) in [5.41, 5.74) is 4.72. The van der Waals surface area contributed by atoms with E-state index in [4.69, 9.17) is 11.5 Å². The number of nitrogens with zero attached hydrogens (tertiary/aromatic N) is 3. The molecule has 4 rings (SSSR count). The van der Waals surface area contributed by atoms with E-state index in [2.05, 4.69) is 26.9 Å². The predicted molar refractivity (Wildman–Crippen MR) is 101 cm³/mol. The quantitative estimate of drug-likeness (QED) is 0.584. The third-order valence-electron chi connectivity index (χ3n) is 4.46. The van der Waals surface area contributed by atoms with Crippen LogP contribution in [-0.2, 0) is 11.2 Å². The minimum atomic E-state index is -0.980. The Bertz CT molecular complexity index is 1100. The standard InChI is InChI=1S/C21H15N3O2/c1-2-14-3-6-16-9-10-24(19(16)12-14)21-17-7-4-15(5-8-20(25)26)11-18(17)22-13-23-21/h1,3-8,11-13H,9-10H2,(H,25,26). The lowest BCUT2D eigenvalue weighted by Gasteiger charge is -2.20. The molecule has 0 atom stereocenters. The molecule has 3 aromatic rings. The van der Waals surface area contributed by atoms with Crippen LogP contribution in [0, 0.1) is 12.3 Å². The maximum Gasteiger partial charge on any atom is 0.328 e. The van der Waals surface area contributed by atoms with Gasteiger partial charge in [0.05, 0.1) is 5.52 Å². The molecular formula is C21H15N3O2. The van der Waals surface area contributed by atoms with Crippen LogP contribution in [0.15, 0.2) is 48.8 Å². The molecule has 0 saturated heterocycles. The van der Waals surface area contributed by atoms with Crippen LogP contribution < -0.4 is 4.90 Å². The molecule has 1 aromatic heterocycles. The second-order valence-corrected chi connectivity index (χ2v) is 6.03. The summed E-state index contributed by atoms with van der Waals surface area (Å²) in [6.07, 6.45) is 10.7. The van der Waals surface area contributed by atoms with Crippen LogP contribution in [0.1, 0.15) is 16.7 Å². The molecule has 0 amide bonds. The summed E-state index contributed by atoms with van der Waals surface area (Å²) in [7, 11) is 0. The zero-order valence-corrected chi connectivity index (χ0v) is 13.9. The van der Waals surface area contributed by atoms with Crippen LogP contribution in [0.25, 0.3) is 17.0 Å². The summed E-state index contributed by atoms with van der Waals surface area (Å²) in [6.45, 7) is 0.830. The van der Waals surface area contributed by atoms with E-state index < -0.39 is 5.97 Å². The van der Waals surface area contributed by atoms with Crippen molar-refractivity contribution in [3.8, 4) is 12.3 Å². The van der Waals surface area contributed by atoms with Gasteiger partial charge in [-0.15, -0.1) is 6.42 Å². The van der Waals surface area contributed by atoms with Gasteiger partial charge in [-0.2, -0.15) is 0 Å². The first-order valence-corrected chi connectivity index (χ1v) is 8.18. The molecule has 0 aliphatic carbocycles. The summed E-state index contributed by atoms with van der Waals surface area (Å²) in [4.78, 5) is 21.7. The second-order valence-electron chi connectivity index (χ2n) is 6.03. The maximum atomic E-state index is 10.7. The molecule has 0 saturated carbocycles. The lowest BCUT2D eigenvalue weighted by molar-refractivity contribution is -0.131. The number of fused-ring (bicyclic) bond motifs is 2. The van der Waals surface area contributed by atoms with Crippen molar-refractivity contribution >= 4 is 34.5 Å². The van der Waals surface area contributed by atoms with Gasteiger partial charge in [0.1, 0.15) is 12.1 Å². The SMILES string of the molecule is C#Cc1ccc2c(c1)N(c1ncnc3cc(C=CC(=O)O)ccc13)CC2. The van der Waals surface area contributed by atoms with Crippen molar-refractivity contribution in [2.75, 3.05) is 11.4 Å². The van der Waals surface area contributed by atoms with E-state index in [1.807, 2.05) is 30.3 Å². The summed E-state index contributed by atoms with van der Waals surface area (Å²) in [5.74, 6) is 2.53. The van der Waals surface area contributed by atoms with Crippen molar-refractivity contribution in [3.63, 3.8) is 0 Å². The molecule has 1 N–H and O–H groups in total. The first-order valence-electron chi connectivity index (χ1n) is 8.18. The fraction of sp³-hybridized carbons (Fsp3) is 0.0952. The van der Waals surface area contributed by atoms with Crippen LogP contribution in [-0.4, -0.2) is 27.6 Å². The first kappa shape index (κ1) is 15.9. The number of anilines is 2. The molecule has 0 bridgehead atoms. The highest BCUT2D eigenvalue weighted by Gasteiger charge is 2.23. The molecule has 1 aliphatic rings. The van der Waals surface area contributed by atoms with E-state index in [0.717, 1.165) is 52.6 Å². The Balaban J connectivity index is 1.80. The Morgan fingerprint density at radius 2 is 2.12 bits per heavy atom. The summed E-state index contributed by atoms with van der Waals surface area (Å²) < 4.78 is 0. The number of terminal acetylenes is 1. The molecule has 0 radical (unpaired) electrons. The van der Waals surface area contributed by atoms with Crippen LogP contribution >= 0.6 is 0 Å². The monoisotopic (exact) mass is 341 g/mol.